The first-order valence-electron chi connectivity index (χ1n) is 6.78. The molecule has 0 fully saturated rings. The number of thiophene rings is 1. The van der Waals surface area contributed by atoms with Gasteiger partial charge in [0.05, 0.1) is 13.8 Å². The topological polar surface area (TPSA) is 46.2 Å². The lowest BCUT2D eigenvalue weighted by atomic mass is 9.94. The molecule has 3 nitrogen and oxygen atoms in total. The Bertz CT molecular complexity index is 750. The minimum atomic E-state index is -3.13. The Balaban J connectivity index is 1.81. The Morgan fingerprint density at radius 2 is 2.00 bits per heavy atom. The van der Waals surface area contributed by atoms with Crippen LogP contribution in [0, 0.1) is 2.88 Å². The lowest BCUT2D eigenvalue weighted by molar-refractivity contribution is 0.601. The minimum Gasteiger partial charge on any atom is -0.378 e. The first-order chi connectivity index (χ1) is 9.93. The quantitative estimate of drug-likeness (QED) is 0.737. The zero-order chi connectivity index (χ0) is 15.0. The highest BCUT2D eigenvalue weighted by atomic mass is 127. The monoisotopic (exact) mass is 433 g/mol. The molecule has 1 N–H and O–H groups in total. The van der Waals surface area contributed by atoms with Gasteiger partial charge in [-0.1, -0.05) is 0 Å². The maximum absolute atomic E-state index is 11.5. The number of benzene rings is 1. The number of halogens is 1. The van der Waals surface area contributed by atoms with Crippen molar-refractivity contribution >= 4 is 49.5 Å². The van der Waals surface area contributed by atoms with Crippen molar-refractivity contribution in [2.75, 3.05) is 11.6 Å². The molecule has 0 saturated heterocycles. The predicted octanol–water partition coefficient (Wildman–Crippen LogP) is 4.25. The van der Waals surface area contributed by atoms with Crippen molar-refractivity contribution in [1.29, 1.82) is 0 Å². The molecular weight excluding hydrogens is 417 g/mol. The number of anilines is 1. The number of hydrogen-bond acceptors (Lipinski definition) is 4. The van der Waals surface area contributed by atoms with Crippen LogP contribution in [0.25, 0.3) is 0 Å². The first-order valence-corrected chi connectivity index (χ1v) is 10.6. The average Bonchev–Trinajstić information content (AvgIpc) is 2.80. The van der Waals surface area contributed by atoms with Gasteiger partial charge in [-0.3, -0.25) is 0 Å². The van der Waals surface area contributed by atoms with Crippen molar-refractivity contribution in [3.05, 3.63) is 43.7 Å². The van der Waals surface area contributed by atoms with Crippen LogP contribution in [-0.4, -0.2) is 14.7 Å². The van der Waals surface area contributed by atoms with E-state index < -0.39 is 9.84 Å². The predicted molar refractivity (Wildman–Crippen MR) is 95.9 cm³/mol. The smallest absolute Gasteiger partial charge is 0.175 e. The molecule has 0 saturated carbocycles. The van der Waals surface area contributed by atoms with Crippen molar-refractivity contribution < 1.29 is 8.42 Å². The number of fused-ring (bicyclic) bond motifs is 1. The van der Waals surface area contributed by atoms with Gasteiger partial charge in [-0.15, -0.1) is 11.3 Å². The SMILES string of the molecule is CS(=O)(=O)c1ccc(NC2CCCc3sc(I)cc32)cc1. The Morgan fingerprint density at radius 3 is 2.67 bits per heavy atom. The second kappa shape index (κ2) is 5.89. The molecule has 1 unspecified atom stereocenters. The number of sulfone groups is 1. The molecule has 1 aliphatic carbocycles. The fraction of sp³-hybridized carbons (Fsp3) is 0.333. The second-order valence-electron chi connectivity index (χ2n) is 5.31. The van der Waals surface area contributed by atoms with E-state index in [-0.39, 0.29) is 0 Å². The maximum Gasteiger partial charge on any atom is 0.175 e. The van der Waals surface area contributed by atoms with Gasteiger partial charge in [0.1, 0.15) is 0 Å². The van der Waals surface area contributed by atoms with Gasteiger partial charge in [-0.25, -0.2) is 8.42 Å². The van der Waals surface area contributed by atoms with Crippen LogP contribution >= 0.6 is 33.9 Å². The highest BCUT2D eigenvalue weighted by Crippen LogP contribution is 2.38. The number of aryl methyl sites for hydroxylation is 1. The van der Waals surface area contributed by atoms with E-state index in [1.54, 1.807) is 12.1 Å². The Hall–Kier alpha value is -0.600. The maximum atomic E-state index is 11.5. The largest absolute Gasteiger partial charge is 0.378 e. The summed E-state index contributed by atoms with van der Waals surface area (Å²) in [4.78, 5) is 1.85. The summed E-state index contributed by atoms with van der Waals surface area (Å²) in [5.41, 5.74) is 2.38. The molecule has 3 rings (SSSR count). The van der Waals surface area contributed by atoms with Crippen molar-refractivity contribution in [1.82, 2.24) is 0 Å². The molecule has 0 radical (unpaired) electrons. The van der Waals surface area contributed by atoms with Gasteiger partial charge in [0.15, 0.2) is 9.84 Å². The lowest BCUT2D eigenvalue weighted by Gasteiger charge is -2.24. The molecular formula is C15H16INO2S2. The summed E-state index contributed by atoms with van der Waals surface area (Å²) in [6.45, 7) is 0. The van der Waals surface area contributed by atoms with Gasteiger partial charge in [0.25, 0.3) is 0 Å². The van der Waals surface area contributed by atoms with Gasteiger partial charge in [0.2, 0.25) is 0 Å². The molecule has 1 aliphatic rings. The molecule has 1 atom stereocenters. The fourth-order valence-corrected chi connectivity index (χ4v) is 5.42. The first kappa shape index (κ1) is 15.3. The summed E-state index contributed by atoms with van der Waals surface area (Å²) in [6.07, 6.45) is 4.72. The van der Waals surface area contributed by atoms with E-state index in [0.29, 0.717) is 10.9 Å². The summed E-state index contributed by atoms with van der Waals surface area (Å²) in [5, 5.41) is 3.54. The third kappa shape index (κ3) is 3.43. The molecule has 1 aromatic carbocycles. The van der Waals surface area contributed by atoms with Gasteiger partial charge in [-0.05, 0) is 77.7 Å². The molecule has 112 valence electrons. The third-order valence-corrected chi connectivity index (χ3v) is 6.81. The Kier molecular flexibility index (Phi) is 4.29. The Labute approximate surface area is 142 Å². The van der Waals surface area contributed by atoms with Crippen LogP contribution in [0.15, 0.2) is 35.2 Å². The van der Waals surface area contributed by atoms with E-state index in [1.165, 1.54) is 32.4 Å². The van der Waals surface area contributed by atoms with Crippen molar-refractivity contribution in [3.8, 4) is 0 Å². The number of hydrogen-bond donors (Lipinski definition) is 1. The summed E-state index contributed by atoms with van der Waals surface area (Å²) in [6, 6.07) is 9.63. The van der Waals surface area contributed by atoms with E-state index >= 15 is 0 Å². The Morgan fingerprint density at radius 1 is 1.29 bits per heavy atom. The van der Waals surface area contributed by atoms with Crippen LogP contribution in [0.2, 0.25) is 0 Å². The van der Waals surface area contributed by atoms with Crippen molar-refractivity contribution in [2.24, 2.45) is 0 Å². The van der Waals surface area contributed by atoms with E-state index in [2.05, 4.69) is 34.0 Å². The fourth-order valence-electron chi connectivity index (χ4n) is 2.67. The van der Waals surface area contributed by atoms with Crippen LogP contribution in [0.4, 0.5) is 5.69 Å². The molecule has 21 heavy (non-hydrogen) atoms. The summed E-state index contributed by atoms with van der Waals surface area (Å²) in [7, 11) is -3.13. The van der Waals surface area contributed by atoms with Gasteiger partial charge in [0, 0.05) is 16.8 Å². The molecule has 0 amide bonds. The molecule has 0 spiro atoms. The summed E-state index contributed by atoms with van der Waals surface area (Å²) < 4.78 is 24.3. The highest BCUT2D eigenvalue weighted by molar-refractivity contribution is 14.1. The lowest BCUT2D eigenvalue weighted by Crippen LogP contribution is -2.15. The van der Waals surface area contributed by atoms with Gasteiger partial charge >= 0.3 is 0 Å². The zero-order valence-electron chi connectivity index (χ0n) is 11.6. The molecule has 0 bridgehead atoms. The third-order valence-electron chi connectivity index (χ3n) is 3.71. The average molecular weight is 433 g/mol. The van der Waals surface area contributed by atoms with E-state index in [0.717, 1.165) is 12.1 Å². The van der Waals surface area contributed by atoms with Crippen LogP contribution < -0.4 is 5.32 Å². The molecule has 2 aromatic rings. The second-order valence-corrected chi connectivity index (χ2v) is 10.4. The van der Waals surface area contributed by atoms with E-state index in [4.69, 9.17) is 0 Å². The number of rotatable bonds is 3. The van der Waals surface area contributed by atoms with E-state index in [1.807, 2.05) is 23.5 Å². The minimum absolute atomic E-state index is 0.331. The van der Waals surface area contributed by atoms with Gasteiger partial charge in [-0.2, -0.15) is 0 Å². The van der Waals surface area contributed by atoms with Crippen molar-refractivity contribution in [2.45, 2.75) is 30.2 Å². The summed E-state index contributed by atoms with van der Waals surface area (Å²) >= 11 is 4.26. The molecule has 1 heterocycles. The molecule has 6 heteroatoms. The zero-order valence-corrected chi connectivity index (χ0v) is 15.4. The number of nitrogens with one attached hydrogen (secondary N) is 1. The molecule has 1 aromatic heterocycles. The molecule has 0 aliphatic heterocycles. The van der Waals surface area contributed by atoms with Crippen LogP contribution in [0.1, 0.15) is 29.3 Å². The van der Waals surface area contributed by atoms with Crippen LogP contribution in [0.3, 0.4) is 0 Å². The van der Waals surface area contributed by atoms with Crippen molar-refractivity contribution in [3.63, 3.8) is 0 Å². The normalized spacial score (nSPS) is 18.3. The standard InChI is InChI=1S/C15H16INO2S2/c1-21(18,19)11-7-5-10(6-8-11)17-13-3-2-4-14-12(13)9-15(16)20-14/h5-9,13,17H,2-4H2,1H3. The van der Waals surface area contributed by atoms with Crippen LogP contribution in [-0.2, 0) is 16.3 Å². The highest BCUT2D eigenvalue weighted by Gasteiger charge is 2.22. The summed E-state index contributed by atoms with van der Waals surface area (Å²) in [5.74, 6) is 0. The van der Waals surface area contributed by atoms with Gasteiger partial charge < -0.3 is 5.32 Å². The van der Waals surface area contributed by atoms with E-state index in [9.17, 15) is 8.42 Å². The van der Waals surface area contributed by atoms with Crippen LogP contribution in [0.5, 0.6) is 0 Å².